The smallest absolute Gasteiger partial charge is 0.259 e. The first-order chi connectivity index (χ1) is 10.2. The summed E-state index contributed by atoms with van der Waals surface area (Å²) in [5, 5.41) is 3.19. The van der Waals surface area contributed by atoms with Crippen LogP contribution in [0.4, 0.5) is 5.13 Å². The van der Waals surface area contributed by atoms with Crippen LogP contribution in [0.3, 0.4) is 0 Å². The van der Waals surface area contributed by atoms with E-state index in [-0.39, 0.29) is 5.91 Å². The molecule has 3 heterocycles. The van der Waals surface area contributed by atoms with E-state index < -0.39 is 0 Å². The Morgan fingerprint density at radius 1 is 1.19 bits per heavy atom. The van der Waals surface area contributed by atoms with Gasteiger partial charge in [0, 0.05) is 41.4 Å². The van der Waals surface area contributed by atoms with E-state index in [9.17, 15) is 4.79 Å². The maximum absolute atomic E-state index is 12.2. The van der Waals surface area contributed by atoms with Crippen LogP contribution in [0.1, 0.15) is 16.1 Å². The van der Waals surface area contributed by atoms with Gasteiger partial charge in [-0.2, -0.15) is 9.36 Å². The van der Waals surface area contributed by atoms with Crippen molar-refractivity contribution in [2.75, 3.05) is 5.32 Å². The quantitative estimate of drug-likeness (QED) is 0.803. The van der Waals surface area contributed by atoms with E-state index in [2.05, 4.69) is 24.6 Å². The lowest BCUT2D eigenvalue weighted by Gasteiger charge is -2.03. The Hall–Kier alpha value is -2.67. The maximum atomic E-state index is 12.2. The van der Waals surface area contributed by atoms with E-state index >= 15 is 0 Å². The molecule has 21 heavy (non-hydrogen) atoms. The van der Waals surface area contributed by atoms with Gasteiger partial charge in [0.25, 0.3) is 5.91 Å². The van der Waals surface area contributed by atoms with Crippen LogP contribution in [-0.4, -0.2) is 25.2 Å². The topological polar surface area (TPSA) is 80.7 Å². The molecule has 7 heteroatoms. The Labute approximate surface area is 125 Å². The van der Waals surface area contributed by atoms with Gasteiger partial charge in [0.05, 0.1) is 5.56 Å². The van der Waals surface area contributed by atoms with Crippen molar-refractivity contribution in [2.45, 2.75) is 6.92 Å². The highest BCUT2D eigenvalue weighted by molar-refractivity contribution is 7.10. The fourth-order valence-corrected chi connectivity index (χ4v) is 2.37. The van der Waals surface area contributed by atoms with Gasteiger partial charge in [0.1, 0.15) is 0 Å². The van der Waals surface area contributed by atoms with E-state index in [1.807, 2.05) is 12.1 Å². The van der Waals surface area contributed by atoms with Gasteiger partial charge in [0.15, 0.2) is 5.82 Å². The number of amides is 1. The number of carbonyl (C=O) groups excluding carboxylic acids is 1. The van der Waals surface area contributed by atoms with Gasteiger partial charge in [-0.25, -0.2) is 0 Å². The lowest BCUT2D eigenvalue weighted by atomic mass is 10.2. The normalized spacial score (nSPS) is 10.3. The minimum atomic E-state index is -0.238. The van der Waals surface area contributed by atoms with Crippen molar-refractivity contribution in [1.82, 2.24) is 19.3 Å². The van der Waals surface area contributed by atoms with E-state index in [4.69, 9.17) is 0 Å². The largest absolute Gasteiger partial charge is 0.297 e. The highest BCUT2D eigenvalue weighted by atomic mass is 32.1. The molecule has 0 spiro atoms. The van der Waals surface area contributed by atoms with Gasteiger partial charge in [-0.3, -0.25) is 20.1 Å². The summed E-state index contributed by atoms with van der Waals surface area (Å²) in [6.07, 6.45) is 5.00. The molecular formula is C14H11N5OS. The van der Waals surface area contributed by atoms with Gasteiger partial charge in [-0.05, 0) is 31.2 Å². The number of hydrogen-bond acceptors (Lipinski definition) is 6. The molecular weight excluding hydrogens is 286 g/mol. The number of hydrogen-bond donors (Lipinski definition) is 1. The monoisotopic (exact) mass is 297 g/mol. The summed E-state index contributed by atoms with van der Waals surface area (Å²) in [4.78, 5) is 24.5. The van der Waals surface area contributed by atoms with Crippen LogP contribution in [0.25, 0.3) is 11.4 Å². The van der Waals surface area contributed by atoms with Gasteiger partial charge in [0.2, 0.25) is 5.13 Å². The second-order valence-corrected chi connectivity index (χ2v) is 5.00. The van der Waals surface area contributed by atoms with Crippen molar-refractivity contribution >= 4 is 22.6 Å². The average Bonchev–Trinajstić information content (AvgIpc) is 2.97. The second kappa shape index (κ2) is 5.76. The minimum Gasteiger partial charge on any atom is -0.297 e. The van der Waals surface area contributed by atoms with Crippen LogP contribution in [0.5, 0.6) is 0 Å². The molecule has 104 valence electrons. The fraction of sp³-hybridized carbons (Fsp3) is 0.0714. The van der Waals surface area contributed by atoms with Crippen LogP contribution in [-0.2, 0) is 0 Å². The molecule has 0 unspecified atom stereocenters. The van der Waals surface area contributed by atoms with Gasteiger partial charge in [-0.1, -0.05) is 0 Å². The van der Waals surface area contributed by atoms with Gasteiger partial charge in [-0.15, -0.1) is 0 Å². The Morgan fingerprint density at radius 2 is 2.00 bits per heavy atom. The summed E-state index contributed by atoms with van der Waals surface area (Å²) in [5.41, 5.74) is 2.06. The van der Waals surface area contributed by atoms with Gasteiger partial charge < -0.3 is 0 Å². The van der Waals surface area contributed by atoms with E-state index in [1.165, 1.54) is 0 Å². The van der Waals surface area contributed by atoms with Gasteiger partial charge >= 0.3 is 0 Å². The summed E-state index contributed by atoms with van der Waals surface area (Å²) in [6, 6.07) is 7.09. The van der Waals surface area contributed by atoms with Crippen molar-refractivity contribution in [3.63, 3.8) is 0 Å². The third kappa shape index (κ3) is 2.92. The molecule has 0 aliphatic heterocycles. The molecule has 6 nitrogen and oxygen atoms in total. The van der Waals surface area contributed by atoms with Crippen molar-refractivity contribution in [1.29, 1.82) is 0 Å². The number of aryl methyl sites for hydroxylation is 1. The molecule has 0 aliphatic carbocycles. The van der Waals surface area contributed by atoms with Crippen LogP contribution in [0.2, 0.25) is 0 Å². The summed E-state index contributed by atoms with van der Waals surface area (Å²) in [5.74, 6) is 0.332. The number of pyridine rings is 2. The SMILES string of the molecule is Cc1ncccc1C(=O)Nc1nc(-c2ccncc2)ns1. The molecule has 0 saturated carbocycles. The molecule has 3 rings (SSSR count). The molecule has 3 aromatic heterocycles. The first kappa shape index (κ1) is 13.3. The Balaban J connectivity index is 1.79. The van der Waals surface area contributed by atoms with Crippen LogP contribution >= 0.6 is 11.5 Å². The molecule has 0 saturated heterocycles. The number of anilines is 1. The molecule has 0 bridgehead atoms. The number of aromatic nitrogens is 4. The zero-order valence-electron chi connectivity index (χ0n) is 11.1. The first-order valence-electron chi connectivity index (χ1n) is 6.21. The van der Waals surface area contributed by atoms with Crippen molar-refractivity contribution in [3.8, 4) is 11.4 Å². The highest BCUT2D eigenvalue weighted by Gasteiger charge is 2.13. The van der Waals surface area contributed by atoms with E-state index in [0.717, 1.165) is 17.1 Å². The lowest BCUT2D eigenvalue weighted by Crippen LogP contribution is -2.13. The highest BCUT2D eigenvalue weighted by Crippen LogP contribution is 2.20. The Kier molecular flexibility index (Phi) is 3.65. The van der Waals surface area contributed by atoms with Crippen molar-refractivity contribution in [2.24, 2.45) is 0 Å². The third-order valence-electron chi connectivity index (χ3n) is 2.84. The van der Waals surface area contributed by atoms with Crippen LogP contribution in [0.15, 0.2) is 42.9 Å². The molecule has 0 fully saturated rings. The summed E-state index contributed by atoms with van der Waals surface area (Å²) < 4.78 is 4.23. The Morgan fingerprint density at radius 3 is 2.76 bits per heavy atom. The number of nitrogens with zero attached hydrogens (tertiary/aromatic N) is 4. The number of rotatable bonds is 3. The van der Waals surface area contributed by atoms with Crippen LogP contribution < -0.4 is 5.32 Å². The van der Waals surface area contributed by atoms with E-state index in [1.54, 1.807) is 37.6 Å². The predicted octanol–water partition coefficient (Wildman–Crippen LogP) is 2.56. The minimum absolute atomic E-state index is 0.238. The zero-order valence-corrected chi connectivity index (χ0v) is 12.0. The fourth-order valence-electron chi connectivity index (χ4n) is 1.78. The molecule has 1 amide bonds. The molecule has 0 atom stereocenters. The van der Waals surface area contributed by atoms with Crippen molar-refractivity contribution < 1.29 is 4.79 Å². The number of carbonyl (C=O) groups is 1. The Bertz CT molecular complexity index is 772. The lowest BCUT2D eigenvalue weighted by molar-refractivity contribution is 0.102. The third-order valence-corrected chi connectivity index (χ3v) is 3.47. The summed E-state index contributed by atoms with van der Waals surface area (Å²) in [7, 11) is 0. The molecule has 1 N–H and O–H groups in total. The predicted molar refractivity (Wildman–Crippen MR) is 80.1 cm³/mol. The standard InChI is InChI=1S/C14H11N5OS/c1-9-11(3-2-6-16-9)13(20)18-14-17-12(19-21-14)10-4-7-15-8-5-10/h2-8H,1H3,(H,17,18,19,20). The average molecular weight is 297 g/mol. The number of nitrogens with one attached hydrogen (secondary N) is 1. The summed E-state index contributed by atoms with van der Waals surface area (Å²) >= 11 is 1.14. The molecule has 0 aliphatic rings. The maximum Gasteiger partial charge on any atom is 0.259 e. The molecule has 0 aromatic carbocycles. The van der Waals surface area contributed by atoms with Crippen LogP contribution in [0, 0.1) is 6.92 Å². The first-order valence-corrected chi connectivity index (χ1v) is 6.98. The summed E-state index contributed by atoms with van der Waals surface area (Å²) in [6.45, 7) is 1.79. The van der Waals surface area contributed by atoms with Crippen molar-refractivity contribution in [3.05, 3.63) is 54.1 Å². The van der Waals surface area contributed by atoms with E-state index in [0.29, 0.717) is 22.2 Å². The molecule has 0 radical (unpaired) electrons. The molecule has 3 aromatic rings. The zero-order chi connectivity index (χ0) is 14.7. The second-order valence-electron chi connectivity index (χ2n) is 4.25.